The third-order valence-electron chi connectivity index (χ3n) is 1.84. The molecule has 0 spiro atoms. The number of aromatic nitrogens is 1. The molecule has 0 atom stereocenters. The first-order valence-corrected chi connectivity index (χ1v) is 5.66. The zero-order chi connectivity index (χ0) is 10.9. The zero-order valence-electron chi connectivity index (χ0n) is 8.49. The van der Waals surface area contributed by atoms with Crippen molar-refractivity contribution in [3.8, 4) is 0 Å². The van der Waals surface area contributed by atoms with Crippen LogP contribution in [0.3, 0.4) is 0 Å². The SMILES string of the molecule is FCCOCCOCCn1cccc1Br. The van der Waals surface area contributed by atoms with Gasteiger partial charge in [0.1, 0.15) is 6.67 Å². The minimum Gasteiger partial charge on any atom is -0.377 e. The Labute approximate surface area is 97.3 Å². The van der Waals surface area contributed by atoms with Gasteiger partial charge in [0.2, 0.25) is 0 Å². The van der Waals surface area contributed by atoms with Gasteiger partial charge >= 0.3 is 0 Å². The molecule has 15 heavy (non-hydrogen) atoms. The fraction of sp³-hybridized carbons (Fsp3) is 0.600. The quantitative estimate of drug-likeness (QED) is 0.682. The molecule has 1 heterocycles. The lowest BCUT2D eigenvalue weighted by molar-refractivity contribution is 0.0401. The second kappa shape index (κ2) is 7.84. The number of hydrogen-bond acceptors (Lipinski definition) is 2. The van der Waals surface area contributed by atoms with Crippen LogP contribution in [0.2, 0.25) is 0 Å². The molecular weight excluding hydrogens is 265 g/mol. The van der Waals surface area contributed by atoms with Gasteiger partial charge in [0.25, 0.3) is 0 Å². The summed E-state index contributed by atoms with van der Waals surface area (Å²) in [5.74, 6) is 0. The van der Waals surface area contributed by atoms with Crippen LogP contribution in [0, 0.1) is 0 Å². The van der Waals surface area contributed by atoms with Crippen molar-refractivity contribution in [1.82, 2.24) is 4.57 Å². The van der Waals surface area contributed by atoms with Crippen molar-refractivity contribution < 1.29 is 13.9 Å². The van der Waals surface area contributed by atoms with E-state index in [1.54, 1.807) is 0 Å². The van der Waals surface area contributed by atoms with Crippen molar-refractivity contribution >= 4 is 15.9 Å². The van der Waals surface area contributed by atoms with Crippen LogP contribution in [-0.4, -0.2) is 37.7 Å². The highest BCUT2D eigenvalue weighted by Crippen LogP contribution is 2.09. The summed E-state index contributed by atoms with van der Waals surface area (Å²) in [6.07, 6.45) is 1.98. The fourth-order valence-electron chi connectivity index (χ4n) is 1.11. The Morgan fingerprint density at radius 2 is 1.93 bits per heavy atom. The Kier molecular flexibility index (Phi) is 6.63. The van der Waals surface area contributed by atoms with E-state index in [2.05, 4.69) is 15.9 Å². The molecule has 0 amide bonds. The lowest BCUT2D eigenvalue weighted by Crippen LogP contribution is -2.10. The van der Waals surface area contributed by atoms with Crippen LogP contribution in [0.15, 0.2) is 22.9 Å². The molecular formula is C10H15BrFNO2. The van der Waals surface area contributed by atoms with Gasteiger partial charge in [-0.15, -0.1) is 0 Å². The van der Waals surface area contributed by atoms with Crippen molar-refractivity contribution in [2.24, 2.45) is 0 Å². The van der Waals surface area contributed by atoms with Crippen LogP contribution in [0.4, 0.5) is 4.39 Å². The van der Waals surface area contributed by atoms with E-state index in [0.717, 1.165) is 11.1 Å². The van der Waals surface area contributed by atoms with E-state index in [4.69, 9.17) is 9.47 Å². The predicted octanol–water partition coefficient (Wildman–Crippen LogP) is 2.25. The van der Waals surface area contributed by atoms with Crippen molar-refractivity contribution in [3.05, 3.63) is 22.9 Å². The van der Waals surface area contributed by atoms with E-state index in [0.29, 0.717) is 19.8 Å². The molecule has 0 aliphatic heterocycles. The van der Waals surface area contributed by atoms with Gasteiger partial charge in [-0.2, -0.15) is 0 Å². The van der Waals surface area contributed by atoms with Gasteiger partial charge in [-0.25, -0.2) is 4.39 Å². The summed E-state index contributed by atoms with van der Waals surface area (Å²) in [6, 6.07) is 3.94. The molecule has 0 radical (unpaired) electrons. The Balaban J connectivity index is 1.96. The molecule has 1 aromatic rings. The first-order valence-electron chi connectivity index (χ1n) is 4.86. The summed E-state index contributed by atoms with van der Waals surface area (Å²) in [5, 5.41) is 0. The number of halogens is 2. The zero-order valence-corrected chi connectivity index (χ0v) is 10.1. The van der Waals surface area contributed by atoms with Gasteiger partial charge < -0.3 is 14.0 Å². The molecule has 0 saturated heterocycles. The maximum absolute atomic E-state index is 11.6. The van der Waals surface area contributed by atoms with Gasteiger partial charge in [-0.3, -0.25) is 0 Å². The van der Waals surface area contributed by atoms with Gasteiger partial charge in [0.05, 0.1) is 31.0 Å². The van der Waals surface area contributed by atoms with E-state index in [9.17, 15) is 4.39 Å². The maximum Gasteiger partial charge on any atom is 0.113 e. The van der Waals surface area contributed by atoms with E-state index in [-0.39, 0.29) is 6.61 Å². The van der Waals surface area contributed by atoms with Crippen LogP contribution >= 0.6 is 15.9 Å². The molecule has 0 saturated carbocycles. The number of alkyl halides is 1. The van der Waals surface area contributed by atoms with Crippen molar-refractivity contribution in [2.75, 3.05) is 33.1 Å². The molecule has 3 nitrogen and oxygen atoms in total. The summed E-state index contributed by atoms with van der Waals surface area (Å²) in [5.41, 5.74) is 0. The molecule has 5 heteroatoms. The summed E-state index contributed by atoms with van der Waals surface area (Å²) < 4.78 is 25.0. The average molecular weight is 280 g/mol. The number of rotatable bonds is 8. The molecule has 1 aromatic heterocycles. The van der Waals surface area contributed by atoms with Crippen LogP contribution in [0.1, 0.15) is 0 Å². The second-order valence-electron chi connectivity index (χ2n) is 2.94. The lowest BCUT2D eigenvalue weighted by Gasteiger charge is -2.06. The van der Waals surface area contributed by atoms with Crippen molar-refractivity contribution in [2.45, 2.75) is 6.54 Å². The molecule has 0 unspecified atom stereocenters. The van der Waals surface area contributed by atoms with Gasteiger partial charge in [-0.1, -0.05) is 0 Å². The molecule has 0 aliphatic carbocycles. The van der Waals surface area contributed by atoms with Crippen molar-refractivity contribution in [3.63, 3.8) is 0 Å². The smallest absolute Gasteiger partial charge is 0.113 e. The maximum atomic E-state index is 11.6. The highest BCUT2D eigenvalue weighted by Gasteiger charge is 1.96. The third kappa shape index (κ3) is 5.30. The Bertz CT molecular complexity index is 268. The van der Waals surface area contributed by atoms with E-state index < -0.39 is 6.67 Å². The van der Waals surface area contributed by atoms with Gasteiger partial charge in [0.15, 0.2) is 0 Å². The Hall–Kier alpha value is -0.390. The van der Waals surface area contributed by atoms with Gasteiger partial charge in [-0.05, 0) is 28.1 Å². The molecule has 0 bridgehead atoms. The minimum absolute atomic E-state index is 0.159. The number of nitrogens with zero attached hydrogens (tertiary/aromatic N) is 1. The second-order valence-corrected chi connectivity index (χ2v) is 3.75. The summed E-state index contributed by atoms with van der Waals surface area (Å²) in [4.78, 5) is 0. The van der Waals surface area contributed by atoms with Crippen LogP contribution < -0.4 is 0 Å². The average Bonchev–Trinajstić information content (AvgIpc) is 2.63. The summed E-state index contributed by atoms with van der Waals surface area (Å²) in [6.45, 7) is 2.13. The predicted molar refractivity (Wildman–Crippen MR) is 59.7 cm³/mol. The molecule has 0 aliphatic rings. The van der Waals surface area contributed by atoms with Crippen LogP contribution in [-0.2, 0) is 16.0 Å². The Morgan fingerprint density at radius 3 is 2.53 bits per heavy atom. The van der Waals surface area contributed by atoms with Crippen LogP contribution in [0.25, 0.3) is 0 Å². The first kappa shape index (κ1) is 12.7. The molecule has 0 fully saturated rings. The van der Waals surface area contributed by atoms with E-state index >= 15 is 0 Å². The molecule has 0 aromatic carbocycles. The molecule has 86 valence electrons. The third-order valence-corrected chi connectivity index (χ3v) is 2.56. The number of hydrogen-bond donors (Lipinski definition) is 0. The number of ether oxygens (including phenoxy) is 2. The monoisotopic (exact) mass is 279 g/mol. The first-order chi connectivity index (χ1) is 7.34. The largest absolute Gasteiger partial charge is 0.377 e. The summed E-state index contributed by atoms with van der Waals surface area (Å²) >= 11 is 3.41. The lowest BCUT2D eigenvalue weighted by atomic mass is 10.6. The highest BCUT2D eigenvalue weighted by molar-refractivity contribution is 9.10. The summed E-state index contributed by atoms with van der Waals surface area (Å²) in [7, 11) is 0. The van der Waals surface area contributed by atoms with E-state index in [1.807, 2.05) is 22.9 Å². The van der Waals surface area contributed by atoms with Crippen molar-refractivity contribution in [1.29, 1.82) is 0 Å². The molecule has 1 rings (SSSR count). The fourth-order valence-corrected chi connectivity index (χ4v) is 1.56. The molecule has 0 N–H and O–H groups in total. The Morgan fingerprint density at radius 1 is 1.20 bits per heavy atom. The topological polar surface area (TPSA) is 23.4 Å². The van der Waals surface area contributed by atoms with Gasteiger partial charge in [0, 0.05) is 12.7 Å². The highest BCUT2D eigenvalue weighted by atomic mass is 79.9. The normalized spacial score (nSPS) is 10.8. The van der Waals surface area contributed by atoms with Crippen LogP contribution in [0.5, 0.6) is 0 Å². The minimum atomic E-state index is -0.434. The standard InChI is InChI=1S/C10H15BrFNO2/c11-10-2-1-4-13(10)5-7-15-9-8-14-6-3-12/h1-2,4H,3,5-9H2. The van der Waals surface area contributed by atoms with E-state index in [1.165, 1.54) is 0 Å².